The van der Waals surface area contributed by atoms with Gasteiger partial charge in [-0.1, -0.05) is 42.5 Å². The molecule has 0 heterocycles. The summed E-state index contributed by atoms with van der Waals surface area (Å²) >= 11 is 7.19. The molecular formula is C17H20N2S2. The molecule has 0 amide bonds. The maximum Gasteiger partial charge on any atom is 0.169 e. The van der Waals surface area contributed by atoms with E-state index in [4.69, 9.17) is 12.2 Å². The number of rotatable bonds is 5. The Bertz CT molecular complexity index is 567. The molecule has 0 radical (unpaired) electrons. The quantitative estimate of drug-likeness (QED) is 0.664. The molecule has 110 valence electrons. The van der Waals surface area contributed by atoms with Crippen molar-refractivity contribution in [3.63, 3.8) is 0 Å². The van der Waals surface area contributed by atoms with Crippen LogP contribution in [-0.4, -0.2) is 23.3 Å². The van der Waals surface area contributed by atoms with E-state index in [1.807, 2.05) is 25.2 Å². The first-order valence-electron chi connectivity index (χ1n) is 6.85. The minimum Gasteiger partial charge on any atom is -0.358 e. The standard InChI is InChI=1S/C17H20N2S2/c1-19(13-15-8-10-16(21-2)11-9-15)17(20)18-12-14-6-4-3-5-7-14/h3-11H,12-13H2,1-2H3,(H,18,20). The Morgan fingerprint density at radius 2 is 1.71 bits per heavy atom. The SMILES string of the molecule is CSc1ccc(CN(C)C(=S)NCc2ccccc2)cc1. The van der Waals surface area contributed by atoms with Crippen molar-refractivity contribution in [2.45, 2.75) is 18.0 Å². The van der Waals surface area contributed by atoms with Gasteiger partial charge in [-0.15, -0.1) is 11.8 Å². The van der Waals surface area contributed by atoms with Crippen molar-refractivity contribution in [3.05, 3.63) is 65.7 Å². The van der Waals surface area contributed by atoms with E-state index in [0.29, 0.717) is 0 Å². The first-order valence-corrected chi connectivity index (χ1v) is 8.48. The number of thiocarbonyl (C=S) groups is 1. The molecule has 4 heteroatoms. The van der Waals surface area contributed by atoms with Gasteiger partial charge in [-0.3, -0.25) is 0 Å². The third kappa shape index (κ3) is 5.06. The molecule has 2 nitrogen and oxygen atoms in total. The molecule has 0 aliphatic carbocycles. The summed E-state index contributed by atoms with van der Waals surface area (Å²) in [5.41, 5.74) is 2.50. The maximum absolute atomic E-state index is 5.43. The van der Waals surface area contributed by atoms with Crippen LogP contribution in [0.15, 0.2) is 59.5 Å². The molecule has 0 saturated heterocycles. The van der Waals surface area contributed by atoms with Gasteiger partial charge >= 0.3 is 0 Å². The number of hydrogen-bond acceptors (Lipinski definition) is 2. The second kappa shape index (κ2) is 8.05. The average molecular weight is 316 g/mol. The van der Waals surface area contributed by atoms with Crippen LogP contribution in [0.1, 0.15) is 11.1 Å². The van der Waals surface area contributed by atoms with Crippen LogP contribution in [0.5, 0.6) is 0 Å². The van der Waals surface area contributed by atoms with Gasteiger partial charge in [0.2, 0.25) is 0 Å². The van der Waals surface area contributed by atoms with Crippen LogP contribution < -0.4 is 5.32 Å². The van der Waals surface area contributed by atoms with Gasteiger partial charge in [0.25, 0.3) is 0 Å². The van der Waals surface area contributed by atoms with E-state index in [1.165, 1.54) is 16.0 Å². The summed E-state index contributed by atoms with van der Waals surface area (Å²) < 4.78 is 0. The summed E-state index contributed by atoms with van der Waals surface area (Å²) in [4.78, 5) is 3.35. The number of nitrogens with zero attached hydrogens (tertiary/aromatic N) is 1. The minimum absolute atomic E-state index is 0.759. The summed E-state index contributed by atoms with van der Waals surface area (Å²) in [5, 5.41) is 4.07. The Balaban J connectivity index is 1.84. The summed E-state index contributed by atoms with van der Waals surface area (Å²) in [7, 11) is 2.02. The first kappa shape index (κ1) is 15.9. The fraction of sp³-hybridized carbons (Fsp3) is 0.235. The monoisotopic (exact) mass is 316 g/mol. The number of benzene rings is 2. The Morgan fingerprint density at radius 1 is 1.05 bits per heavy atom. The first-order chi connectivity index (χ1) is 10.2. The summed E-state index contributed by atoms with van der Waals surface area (Å²) in [6.07, 6.45) is 2.09. The van der Waals surface area contributed by atoms with Crippen LogP contribution in [0.25, 0.3) is 0 Å². The zero-order valence-corrected chi connectivity index (χ0v) is 14.0. The normalized spacial score (nSPS) is 10.2. The molecule has 2 aromatic rings. The summed E-state index contributed by atoms with van der Waals surface area (Å²) in [5.74, 6) is 0. The van der Waals surface area contributed by atoms with Crippen LogP contribution in [0.4, 0.5) is 0 Å². The molecule has 2 aromatic carbocycles. The Kier molecular flexibility index (Phi) is 6.08. The Hall–Kier alpha value is -1.52. The van der Waals surface area contributed by atoms with Crippen LogP contribution in [-0.2, 0) is 13.1 Å². The molecule has 0 saturated carbocycles. The van der Waals surface area contributed by atoms with Crippen molar-refractivity contribution in [1.29, 1.82) is 0 Å². The number of nitrogens with one attached hydrogen (secondary N) is 1. The molecule has 2 rings (SSSR count). The van der Waals surface area contributed by atoms with E-state index in [-0.39, 0.29) is 0 Å². The number of hydrogen-bond donors (Lipinski definition) is 1. The molecule has 0 unspecified atom stereocenters. The largest absolute Gasteiger partial charge is 0.358 e. The van der Waals surface area contributed by atoms with Gasteiger partial charge in [-0.2, -0.15) is 0 Å². The third-order valence-corrected chi connectivity index (χ3v) is 4.41. The van der Waals surface area contributed by atoms with Gasteiger partial charge < -0.3 is 10.2 Å². The van der Waals surface area contributed by atoms with Gasteiger partial charge in [-0.25, -0.2) is 0 Å². The molecule has 0 spiro atoms. The molecule has 0 aliphatic rings. The van der Waals surface area contributed by atoms with E-state index < -0.39 is 0 Å². The lowest BCUT2D eigenvalue weighted by atomic mass is 10.2. The number of thioether (sulfide) groups is 1. The van der Waals surface area contributed by atoms with Crippen LogP contribution in [0, 0.1) is 0 Å². The lowest BCUT2D eigenvalue weighted by Crippen LogP contribution is -2.36. The van der Waals surface area contributed by atoms with E-state index in [9.17, 15) is 0 Å². The van der Waals surface area contributed by atoms with Crippen LogP contribution >= 0.6 is 24.0 Å². The zero-order chi connectivity index (χ0) is 15.1. The molecule has 0 fully saturated rings. The summed E-state index contributed by atoms with van der Waals surface area (Å²) in [6, 6.07) is 18.9. The average Bonchev–Trinajstić information content (AvgIpc) is 2.54. The zero-order valence-electron chi connectivity index (χ0n) is 12.4. The topological polar surface area (TPSA) is 15.3 Å². The van der Waals surface area contributed by atoms with Crippen molar-refractivity contribution in [1.82, 2.24) is 10.2 Å². The second-order valence-electron chi connectivity index (χ2n) is 4.85. The van der Waals surface area contributed by atoms with Crippen molar-refractivity contribution < 1.29 is 0 Å². The smallest absolute Gasteiger partial charge is 0.169 e. The van der Waals surface area contributed by atoms with Gasteiger partial charge in [0.15, 0.2) is 5.11 Å². The van der Waals surface area contributed by atoms with E-state index >= 15 is 0 Å². The fourth-order valence-corrected chi connectivity index (χ4v) is 2.53. The highest BCUT2D eigenvalue weighted by Gasteiger charge is 2.05. The third-order valence-electron chi connectivity index (χ3n) is 3.21. The Labute approximate surface area is 136 Å². The predicted octanol–water partition coefficient (Wildman–Crippen LogP) is 3.92. The fourth-order valence-electron chi connectivity index (χ4n) is 1.99. The molecule has 0 atom stereocenters. The Morgan fingerprint density at radius 3 is 2.33 bits per heavy atom. The molecule has 0 bridgehead atoms. The molecule has 0 aliphatic heterocycles. The van der Waals surface area contributed by atoms with Crippen molar-refractivity contribution in [2.75, 3.05) is 13.3 Å². The van der Waals surface area contributed by atoms with Crippen LogP contribution in [0.3, 0.4) is 0 Å². The van der Waals surface area contributed by atoms with E-state index in [0.717, 1.165) is 18.2 Å². The highest BCUT2D eigenvalue weighted by Crippen LogP contribution is 2.15. The van der Waals surface area contributed by atoms with Crippen molar-refractivity contribution >= 4 is 29.1 Å². The highest BCUT2D eigenvalue weighted by atomic mass is 32.2. The van der Waals surface area contributed by atoms with E-state index in [2.05, 4.69) is 52.9 Å². The van der Waals surface area contributed by atoms with Crippen molar-refractivity contribution in [3.8, 4) is 0 Å². The molecule has 21 heavy (non-hydrogen) atoms. The molecular weight excluding hydrogens is 296 g/mol. The molecule has 0 aromatic heterocycles. The minimum atomic E-state index is 0.759. The lowest BCUT2D eigenvalue weighted by Gasteiger charge is -2.21. The predicted molar refractivity (Wildman–Crippen MR) is 95.6 cm³/mol. The summed E-state index contributed by atoms with van der Waals surface area (Å²) in [6.45, 7) is 1.57. The van der Waals surface area contributed by atoms with Gasteiger partial charge in [-0.05, 0) is 41.7 Å². The lowest BCUT2D eigenvalue weighted by molar-refractivity contribution is 0.488. The van der Waals surface area contributed by atoms with Gasteiger partial charge in [0, 0.05) is 25.0 Å². The van der Waals surface area contributed by atoms with Crippen LogP contribution in [0.2, 0.25) is 0 Å². The van der Waals surface area contributed by atoms with E-state index in [1.54, 1.807) is 11.8 Å². The maximum atomic E-state index is 5.43. The van der Waals surface area contributed by atoms with Gasteiger partial charge in [0.05, 0.1) is 0 Å². The second-order valence-corrected chi connectivity index (χ2v) is 6.11. The molecule has 1 N–H and O–H groups in total. The highest BCUT2D eigenvalue weighted by molar-refractivity contribution is 7.98. The van der Waals surface area contributed by atoms with Crippen molar-refractivity contribution in [2.24, 2.45) is 0 Å². The van der Waals surface area contributed by atoms with Gasteiger partial charge in [0.1, 0.15) is 0 Å².